The monoisotopic (exact) mass is 395 g/mol. The molecule has 2 fully saturated rings. The Kier molecular flexibility index (Phi) is 6.88. The molecular formula is C19H29N3O4S. The van der Waals surface area contributed by atoms with Crippen LogP contribution >= 0.6 is 0 Å². The minimum atomic E-state index is -3.38. The summed E-state index contributed by atoms with van der Waals surface area (Å²) in [6.45, 7) is 11.3. The van der Waals surface area contributed by atoms with Crippen molar-refractivity contribution in [3.8, 4) is 5.75 Å². The molecule has 0 radical (unpaired) electrons. The van der Waals surface area contributed by atoms with Crippen molar-refractivity contribution in [1.82, 2.24) is 13.5 Å². The summed E-state index contributed by atoms with van der Waals surface area (Å²) < 4.78 is 39.8. The van der Waals surface area contributed by atoms with Gasteiger partial charge in [-0.3, -0.25) is 4.90 Å². The SMILES string of the molecule is C=C(C)COc1ccccc1CN1CCN(S(=O)(=O)N2CCOCC2)CC1. The van der Waals surface area contributed by atoms with Crippen molar-refractivity contribution in [2.45, 2.75) is 13.5 Å². The molecule has 27 heavy (non-hydrogen) atoms. The Bertz CT molecular complexity index is 739. The average Bonchev–Trinajstić information content (AvgIpc) is 2.68. The van der Waals surface area contributed by atoms with E-state index in [0.29, 0.717) is 59.1 Å². The topological polar surface area (TPSA) is 62.3 Å². The van der Waals surface area contributed by atoms with Crippen molar-refractivity contribution in [2.24, 2.45) is 0 Å². The van der Waals surface area contributed by atoms with E-state index in [0.717, 1.165) is 23.4 Å². The van der Waals surface area contributed by atoms with Gasteiger partial charge in [0.25, 0.3) is 10.2 Å². The number of piperazine rings is 1. The third-order valence-corrected chi connectivity index (χ3v) is 6.83. The van der Waals surface area contributed by atoms with Crippen LogP contribution in [0.5, 0.6) is 5.75 Å². The first kappa shape index (κ1) is 20.3. The van der Waals surface area contributed by atoms with Crippen LogP contribution in [0, 0.1) is 0 Å². The van der Waals surface area contributed by atoms with Gasteiger partial charge in [0.2, 0.25) is 0 Å². The zero-order valence-corrected chi connectivity index (χ0v) is 16.8. The lowest BCUT2D eigenvalue weighted by atomic mass is 10.1. The molecule has 8 heteroatoms. The van der Waals surface area contributed by atoms with E-state index >= 15 is 0 Å². The molecule has 7 nitrogen and oxygen atoms in total. The molecule has 2 aliphatic rings. The number of morpholine rings is 1. The van der Waals surface area contributed by atoms with Gasteiger partial charge >= 0.3 is 0 Å². The van der Waals surface area contributed by atoms with Gasteiger partial charge in [-0.25, -0.2) is 0 Å². The van der Waals surface area contributed by atoms with E-state index in [1.807, 2.05) is 25.1 Å². The molecule has 1 aromatic carbocycles. The van der Waals surface area contributed by atoms with Crippen LogP contribution in [-0.2, 0) is 21.5 Å². The molecule has 150 valence electrons. The molecule has 3 rings (SSSR count). The van der Waals surface area contributed by atoms with Crippen LogP contribution in [0.1, 0.15) is 12.5 Å². The van der Waals surface area contributed by atoms with Crippen LogP contribution in [0.15, 0.2) is 36.4 Å². The number of benzene rings is 1. The van der Waals surface area contributed by atoms with Crippen molar-refractivity contribution >= 4 is 10.2 Å². The summed E-state index contributed by atoms with van der Waals surface area (Å²) in [5.74, 6) is 0.865. The summed E-state index contributed by atoms with van der Waals surface area (Å²) in [7, 11) is -3.38. The van der Waals surface area contributed by atoms with Crippen LogP contribution in [-0.4, -0.2) is 81.0 Å². The summed E-state index contributed by atoms with van der Waals surface area (Å²) in [4.78, 5) is 2.27. The fraction of sp³-hybridized carbons (Fsp3) is 0.579. The fourth-order valence-electron chi connectivity index (χ4n) is 3.28. The van der Waals surface area contributed by atoms with Gasteiger partial charge in [0.05, 0.1) is 13.2 Å². The highest BCUT2D eigenvalue weighted by Gasteiger charge is 2.33. The standard InChI is InChI=1S/C19H29N3O4S/c1-17(2)16-26-19-6-4-3-5-18(19)15-20-7-9-21(10-8-20)27(23,24)22-11-13-25-14-12-22/h3-6H,1,7-16H2,2H3. The minimum Gasteiger partial charge on any atom is -0.489 e. The van der Waals surface area contributed by atoms with Crippen molar-refractivity contribution in [3.63, 3.8) is 0 Å². The van der Waals surface area contributed by atoms with Gasteiger partial charge in [-0.2, -0.15) is 17.0 Å². The molecule has 0 aromatic heterocycles. The maximum atomic E-state index is 12.8. The van der Waals surface area contributed by atoms with Gasteiger partial charge in [0, 0.05) is 51.4 Å². The van der Waals surface area contributed by atoms with E-state index < -0.39 is 10.2 Å². The van der Waals surface area contributed by atoms with E-state index in [1.54, 1.807) is 4.31 Å². The molecule has 2 aliphatic heterocycles. The summed E-state index contributed by atoms with van der Waals surface area (Å²) >= 11 is 0. The van der Waals surface area contributed by atoms with E-state index in [4.69, 9.17) is 9.47 Å². The largest absolute Gasteiger partial charge is 0.489 e. The van der Waals surface area contributed by atoms with Crippen molar-refractivity contribution in [2.75, 3.05) is 59.1 Å². The molecule has 0 unspecified atom stereocenters. The first-order chi connectivity index (χ1) is 13.0. The third-order valence-electron chi connectivity index (χ3n) is 4.79. The summed E-state index contributed by atoms with van der Waals surface area (Å²) in [5, 5.41) is 0. The third kappa shape index (κ3) is 5.30. The number of nitrogens with zero attached hydrogens (tertiary/aromatic N) is 3. The summed E-state index contributed by atoms with van der Waals surface area (Å²) in [6, 6.07) is 7.99. The number of hydrogen-bond donors (Lipinski definition) is 0. The second kappa shape index (κ2) is 9.16. The first-order valence-electron chi connectivity index (χ1n) is 9.37. The Morgan fingerprint density at radius 1 is 1.07 bits per heavy atom. The van der Waals surface area contributed by atoms with Crippen LogP contribution in [0.3, 0.4) is 0 Å². The number of rotatable bonds is 7. The highest BCUT2D eigenvalue weighted by molar-refractivity contribution is 7.86. The van der Waals surface area contributed by atoms with E-state index in [-0.39, 0.29) is 0 Å². The van der Waals surface area contributed by atoms with Crippen LogP contribution < -0.4 is 4.74 Å². The van der Waals surface area contributed by atoms with Crippen LogP contribution in [0.25, 0.3) is 0 Å². The molecule has 0 amide bonds. The van der Waals surface area contributed by atoms with Gasteiger partial charge in [0.15, 0.2) is 0 Å². The lowest BCUT2D eigenvalue weighted by Crippen LogP contribution is -2.54. The van der Waals surface area contributed by atoms with E-state index in [9.17, 15) is 8.42 Å². The maximum absolute atomic E-state index is 12.8. The number of para-hydroxylation sites is 1. The second-order valence-corrected chi connectivity index (χ2v) is 8.98. The van der Waals surface area contributed by atoms with Crippen molar-refractivity contribution in [3.05, 3.63) is 42.0 Å². The molecule has 0 spiro atoms. The molecule has 0 N–H and O–H groups in total. The fourth-order valence-corrected chi connectivity index (χ4v) is 4.84. The molecule has 1 aromatic rings. The predicted molar refractivity (Wildman–Crippen MR) is 105 cm³/mol. The normalized spacial score (nSPS) is 20.5. The van der Waals surface area contributed by atoms with Gasteiger partial charge in [0.1, 0.15) is 12.4 Å². The Labute approximate surface area is 162 Å². The van der Waals surface area contributed by atoms with E-state index in [2.05, 4.69) is 17.5 Å². The van der Waals surface area contributed by atoms with Crippen LogP contribution in [0.2, 0.25) is 0 Å². The molecule has 2 saturated heterocycles. The summed E-state index contributed by atoms with van der Waals surface area (Å²) in [6.07, 6.45) is 0. The van der Waals surface area contributed by atoms with E-state index in [1.165, 1.54) is 4.31 Å². The van der Waals surface area contributed by atoms with Crippen molar-refractivity contribution in [1.29, 1.82) is 0 Å². The van der Waals surface area contributed by atoms with Gasteiger partial charge in [-0.1, -0.05) is 24.8 Å². The first-order valence-corrected chi connectivity index (χ1v) is 10.8. The predicted octanol–water partition coefficient (Wildman–Crippen LogP) is 1.34. The van der Waals surface area contributed by atoms with Crippen molar-refractivity contribution < 1.29 is 17.9 Å². The zero-order valence-electron chi connectivity index (χ0n) is 16.0. The number of hydrogen-bond acceptors (Lipinski definition) is 5. The zero-order chi connectivity index (χ0) is 19.3. The average molecular weight is 396 g/mol. The molecule has 0 atom stereocenters. The Balaban J connectivity index is 1.56. The Morgan fingerprint density at radius 3 is 2.37 bits per heavy atom. The van der Waals surface area contributed by atoms with Gasteiger partial charge in [-0.05, 0) is 18.6 Å². The molecular weight excluding hydrogens is 366 g/mol. The highest BCUT2D eigenvalue weighted by Crippen LogP contribution is 2.22. The summed E-state index contributed by atoms with van der Waals surface area (Å²) in [5.41, 5.74) is 2.09. The highest BCUT2D eigenvalue weighted by atomic mass is 32.2. The Hall–Kier alpha value is -1.45. The second-order valence-electron chi connectivity index (χ2n) is 7.05. The maximum Gasteiger partial charge on any atom is 0.282 e. The number of ether oxygens (including phenoxy) is 2. The quantitative estimate of drug-likeness (QED) is 0.652. The Morgan fingerprint density at radius 2 is 1.70 bits per heavy atom. The molecule has 0 aliphatic carbocycles. The molecule has 2 heterocycles. The smallest absolute Gasteiger partial charge is 0.282 e. The lowest BCUT2D eigenvalue weighted by Gasteiger charge is -2.37. The van der Waals surface area contributed by atoms with Gasteiger partial charge in [-0.15, -0.1) is 0 Å². The lowest BCUT2D eigenvalue weighted by molar-refractivity contribution is 0.0684. The van der Waals surface area contributed by atoms with Gasteiger partial charge < -0.3 is 9.47 Å². The molecule has 0 saturated carbocycles. The molecule has 0 bridgehead atoms. The van der Waals surface area contributed by atoms with Crippen LogP contribution in [0.4, 0.5) is 0 Å². The minimum absolute atomic E-state index is 0.440.